The molecule has 0 radical (unpaired) electrons. The Morgan fingerprint density at radius 3 is 2.55 bits per heavy atom. The lowest BCUT2D eigenvalue weighted by molar-refractivity contribution is -0.129. The summed E-state index contributed by atoms with van der Waals surface area (Å²) < 4.78 is 5.84. The van der Waals surface area contributed by atoms with E-state index in [9.17, 15) is 9.90 Å². The van der Waals surface area contributed by atoms with Crippen LogP contribution < -0.4 is 10.2 Å². The van der Waals surface area contributed by atoms with Crippen molar-refractivity contribution in [2.75, 3.05) is 0 Å². The van der Waals surface area contributed by atoms with Gasteiger partial charge in [-0.05, 0) is 41.5 Å². The van der Waals surface area contributed by atoms with E-state index in [1.807, 2.05) is 18.2 Å². The van der Waals surface area contributed by atoms with Gasteiger partial charge < -0.3 is 9.84 Å². The van der Waals surface area contributed by atoms with Crippen molar-refractivity contribution in [3.05, 3.63) is 99.5 Å². The molecule has 3 aromatic rings. The molecule has 3 aromatic carbocycles. The van der Waals surface area contributed by atoms with Crippen LogP contribution in [-0.4, -0.2) is 17.2 Å². The van der Waals surface area contributed by atoms with Crippen LogP contribution in [0.3, 0.4) is 0 Å². The molecule has 0 spiro atoms. The summed E-state index contributed by atoms with van der Waals surface area (Å²) in [6.07, 6.45) is 0.0979. The predicted octanol–water partition coefficient (Wildman–Crippen LogP) is 4.76. The second-order valence-electron chi connectivity index (χ2n) is 6.15. The largest absolute Gasteiger partial charge is 0.488 e. The smallest absolute Gasteiger partial charge is 0.273 e. The zero-order valence-corrected chi connectivity index (χ0v) is 16.8. The molecule has 0 aliphatic carbocycles. The van der Waals surface area contributed by atoms with Crippen molar-refractivity contribution in [1.29, 1.82) is 0 Å². The number of hydrazone groups is 1. The Labute approximate surface area is 178 Å². The lowest BCUT2D eigenvalue weighted by Gasteiger charge is -2.11. The van der Waals surface area contributed by atoms with Gasteiger partial charge in [-0.15, -0.1) is 0 Å². The highest BCUT2D eigenvalue weighted by atomic mass is 35.5. The molecule has 1 unspecified atom stereocenters. The topological polar surface area (TPSA) is 70.9 Å². The first kappa shape index (κ1) is 20.9. The number of nitrogens with one attached hydrogen (secondary N) is 1. The van der Waals surface area contributed by atoms with Gasteiger partial charge in [0.2, 0.25) is 0 Å². The molecular formula is C22H18Cl2N2O3. The Bertz CT molecular complexity index is 1010. The molecule has 0 aromatic heterocycles. The number of hydrogen-bond acceptors (Lipinski definition) is 4. The molecule has 3 rings (SSSR count). The number of hydrogen-bond donors (Lipinski definition) is 2. The number of carbonyl (C=O) groups is 1. The van der Waals surface area contributed by atoms with Gasteiger partial charge in [0.05, 0.1) is 6.21 Å². The Hall–Kier alpha value is -2.86. The SMILES string of the molecule is O=C(N/N=C/c1cc(Cl)ccc1OCc1cccc(Cl)c1)C(O)c1ccccc1. The average molecular weight is 429 g/mol. The summed E-state index contributed by atoms with van der Waals surface area (Å²) in [5.74, 6) is -0.105. The van der Waals surface area contributed by atoms with E-state index in [0.717, 1.165) is 5.56 Å². The Morgan fingerprint density at radius 2 is 1.79 bits per heavy atom. The van der Waals surface area contributed by atoms with Gasteiger partial charge in [0.1, 0.15) is 12.4 Å². The maximum Gasteiger partial charge on any atom is 0.273 e. The normalized spacial score (nSPS) is 12.0. The fraction of sp³-hybridized carbons (Fsp3) is 0.0909. The minimum Gasteiger partial charge on any atom is -0.488 e. The van der Waals surface area contributed by atoms with Crippen LogP contribution in [0.2, 0.25) is 10.0 Å². The first-order valence-electron chi connectivity index (χ1n) is 8.75. The summed E-state index contributed by atoms with van der Waals surface area (Å²) in [5.41, 5.74) is 4.29. The number of nitrogens with zero attached hydrogens (tertiary/aromatic N) is 1. The summed E-state index contributed by atoms with van der Waals surface area (Å²) >= 11 is 12.1. The number of benzene rings is 3. The van der Waals surface area contributed by atoms with Crippen molar-refractivity contribution in [3.63, 3.8) is 0 Å². The zero-order valence-electron chi connectivity index (χ0n) is 15.3. The third-order valence-corrected chi connectivity index (χ3v) is 4.47. The van der Waals surface area contributed by atoms with E-state index >= 15 is 0 Å². The highest BCUT2D eigenvalue weighted by molar-refractivity contribution is 6.31. The van der Waals surface area contributed by atoms with Crippen molar-refractivity contribution in [2.24, 2.45) is 5.10 Å². The lowest BCUT2D eigenvalue weighted by atomic mass is 10.1. The summed E-state index contributed by atoms with van der Waals surface area (Å²) in [4.78, 5) is 12.1. The van der Waals surface area contributed by atoms with Gasteiger partial charge in [0.25, 0.3) is 5.91 Å². The van der Waals surface area contributed by atoms with Crippen molar-refractivity contribution in [3.8, 4) is 5.75 Å². The number of rotatable bonds is 7. The van der Waals surface area contributed by atoms with Gasteiger partial charge >= 0.3 is 0 Å². The molecule has 0 bridgehead atoms. The minimum absolute atomic E-state index is 0.308. The molecular weight excluding hydrogens is 411 g/mol. The van der Waals surface area contributed by atoms with Gasteiger partial charge in [-0.25, -0.2) is 5.43 Å². The number of halogens is 2. The van der Waals surface area contributed by atoms with Gasteiger partial charge in [-0.2, -0.15) is 5.10 Å². The van der Waals surface area contributed by atoms with Crippen LogP contribution >= 0.6 is 23.2 Å². The van der Waals surface area contributed by atoms with Gasteiger partial charge in [0, 0.05) is 15.6 Å². The van der Waals surface area contributed by atoms with Gasteiger partial charge in [-0.1, -0.05) is 65.7 Å². The summed E-state index contributed by atoms with van der Waals surface area (Å²) in [7, 11) is 0. The van der Waals surface area contributed by atoms with Crippen LogP contribution in [0.15, 0.2) is 77.9 Å². The molecule has 2 N–H and O–H groups in total. The molecule has 7 heteroatoms. The number of aliphatic hydroxyl groups is 1. The van der Waals surface area contributed by atoms with E-state index in [-0.39, 0.29) is 0 Å². The average Bonchev–Trinajstić information content (AvgIpc) is 2.73. The Kier molecular flexibility index (Phi) is 7.25. The maximum atomic E-state index is 12.1. The van der Waals surface area contributed by atoms with Crippen molar-refractivity contribution < 1.29 is 14.6 Å². The summed E-state index contributed by atoms with van der Waals surface area (Å²) in [6.45, 7) is 0.308. The number of amides is 1. The Morgan fingerprint density at radius 1 is 1.03 bits per heavy atom. The van der Waals surface area contributed by atoms with Crippen molar-refractivity contribution in [2.45, 2.75) is 12.7 Å². The predicted molar refractivity (Wildman–Crippen MR) is 114 cm³/mol. The number of ether oxygens (including phenoxy) is 1. The van der Waals surface area contributed by atoms with E-state index in [1.54, 1.807) is 54.6 Å². The Balaban J connectivity index is 1.66. The van der Waals surface area contributed by atoms with E-state index in [2.05, 4.69) is 10.5 Å². The van der Waals surface area contributed by atoms with E-state index in [1.165, 1.54) is 6.21 Å². The van der Waals surface area contributed by atoms with Crippen LogP contribution in [0, 0.1) is 0 Å². The van der Waals surface area contributed by atoms with Gasteiger partial charge in [-0.3, -0.25) is 4.79 Å². The van der Waals surface area contributed by atoms with Crippen LogP contribution in [0.5, 0.6) is 5.75 Å². The zero-order chi connectivity index (χ0) is 20.6. The highest BCUT2D eigenvalue weighted by Gasteiger charge is 2.16. The molecule has 0 fully saturated rings. The second-order valence-corrected chi connectivity index (χ2v) is 7.02. The minimum atomic E-state index is -1.31. The first-order valence-corrected chi connectivity index (χ1v) is 9.51. The molecule has 1 amide bonds. The third kappa shape index (κ3) is 6.06. The van der Waals surface area contributed by atoms with Crippen molar-refractivity contribution >= 4 is 35.3 Å². The molecule has 0 saturated carbocycles. The molecule has 0 saturated heterocycles. The highest BCUT2D eigenvalue weighted by Crippen LogP contribution is 2.23. The maximum absolute atomic E-state index is 12.1. The van der Waals surface area contributed by atoms with Crippen LogP contribution in [0.25, 0.3) is 0 Å². The lowest BCUT2D eigenvalue weighted by Crippen LogP contribution is -2.25. The molecule has 5 nitrogen and oxygen atoms in total. The summed E-state index contributed by atoms with van der Waals surface area (Å²) in [6, 6.07) is 21.0. The fourth-order valence-electron chi connectivity index (χ4n) is 2.55. The molecule has 0 aliphatic heterocycles. The third-order valence-electron chi connectivity index (χ3n) is 4.00. The van der Waals surface area contributed by atoms with Gasteiger partial charge in [0.15, 0.2) is 6.10 Å². The van der Waals surface area contributed by atoms with Crippen LogP contribution in [-0.2, 0) is 11.4 Å². The molecule has 0 heterocycles. The molecule has 148 valence electrons. The van der Waals surface area contributed by atoms with E-state index < -0.39 is 12.0 Å². The molecule has 0 aliphatic rings. The van der Waals surface area contributed by atoms with Crippen molar-refractivity contribution in [1.82, 2.24) is 5.43 Å². The molecule has 1 atom stereocenters. The fourth-order valence-corrected chi connectivity index (χ4v) is 2.95. The van der Waals surface area contributed by atoms with Crippen LogP contribution in [0.1, 0.15) is 22.8 Å². The molecule has 29 heavy (non-hydrogen) atoms. The van der Waals surface area contributed by atoms with Crippen LogP contribution in [0.4, 0.5) is 0 Å². The number of aliphatic hydroxyl groups excluding tert-OH is 1. The monoisotopic (exact) mass is 428 g/mol. The number of carbonyl (C=O) groups excluding carboxylic acids is 1. The quantitative estimate of drug-likeness (QED) is 0.421. The van der Waals surface area contributed by atoms with E-state index in [4.69, 9.17) is 27.9 Å². The summed E-state index contributed by atoms with van der Waals surface area (Å²) in [5, 5.41) is 15.1. The standard InChI is InChI=1S/C22H18Cl2N2O3/c23-18-8-4-5-15(11-18)14-29-20-10-9-19(24)12-17(20)13-25-26-22(28)21(27)16-6-2-1-3-7-16/h1-13,21,27H,14H2,(H,26,28)/b25-13+. The van der Waals surface area contributed by atoms with E-state index in [0.29, 0.717) is 33.5 Å². The first-order chi connectivity index (χ1) is 14.0. The second kappa shape index (κ2) is 10.1.